The van der Waals surface area contributed by atoms with E-state index in [2.05, 4.69) is 16.4 Å². The third-order valence-electron chi connectivity index (χ3n) is 7.71. The molecular weight excluding hydrogens is 524 g/mol. The molecule has 0 radical (unpaired) electrons. The van der Waals surface area contributed by atoms with Gasteiger partial charge < -0.3 is 10.2 Å². The van der Waals surface area contributed by atoms with Crippen molar-refractivity contribution in [2.24, 2.45) is 11.8 Å². The molecule has 1 unspecified atom stereocenters. The lowest BCUT2D eigenvalue weighted by Crippen LogP contribution is -2.38. The van der Waals surface area contributed by atoms with Gasteiger partial charge in [0, 0.05) is 13.1 Å². The van der Waals surface area contributed by atoms with Crippen molar-refractivity contribution in [1.29, 1.82) is 0 Å². The molecular formula is C28H42N2O6S2. The van der Waals surface area contributed by atoms with Crippen LogP contribution >= 0.6 is 0 Å². The highest BCUT2D eigenvalue weighted by Gasteiger charge is 2.36. The molecule has 0 bridgehead atoms. The zero-order valence-electron chi connectivity index (χ0n) is 22.6. The minimum atomic E-state index is -3.41. The highest BCUT2D eigenvalue weighted by atomic mass is 32.2. The Balaban J connectivity index is 1.44. The number of phenols is 1. The van der Waals surface area contributed by atoms with Crippen molar-refractivity contribution in [3.05, 3.63) is 65.2 Å². The molecule has 2 aromatic rings. The third kappa shape index (κ3) is 8.77. The lowest BCUT2D eigenvalue weighted by atomic mass is 9.71. The first kappa shape index (κ1) is 30.6. The molecule has 0 heterocycles. The van der Waals surface area contributed by atoms with E-state index >= 15 is 0 Å². The minimum Gasteiger partial charge on any atom is -0.508 e. The maximum atomic E-state index is 12.3. The molecule has 10 heteroatoms. The maximum absolute atomic E-state index is 12.3. The number of rotatable bonds is 13. The second kappa shape index (κ2) is 12.9. The average Bonchev–Trinajstić information content (AvgIpc) is 2.87. The van der Waals surface area contributed by atoms with Gasteiger partial charge in [-0.25, -0.2) is 26.3 Å². The molecule has 3 rings (SSSR count). The Morgan fingerprint density at radius 2 is 1.42 bits per heavy atom. The van der Waals surface area contributed by atoms with Gasteiger partial charge in [-0.05, 0) is 93.0 Å². The van der Waals surface area contributed by atoms with Gasteiger partial charge in [-0.15, -0.1) is 0 Å². The van der Waals surface area contributed by atoms with Gasteiger partial charge in [0.05, 0.1) is 16.6 Å². The predicted molar refractivity (Wildman–Crippen MR) is 151 cm³/mol. The molecule has 212 valence electrons. The molecule has 38 heavy (non-hydrogen) atoms. The van der Waals surface area contributed by atoms with Crippen LogP contribution < -0.4 is 9.44 Å². The number of nitrogens with one attached hydrogen (secondary N) is 2. The van der Waals surface area contributed by atoms with E-state index in [-0.39, 0.29) is 17.4 Å². The van der Waals surface area contributed by atoms with E-state index in [0.717, 1.165) is 29.5 Å². The molecule has 0 spiro atoms. The van der Waals surface area contributed by atoms with Gasteiger partial charge in [0.1, 0.15) is 5.75 Å². The van der Waals surface area contributed by atoms with Gasteiger partial charge in [-0.2, -0.15) is 0 Å². The van der Waals surface area contributed by atoms with Gasteiger partial charge in [-0.3, -0.25) is 0 Å². The standard InChI is InChI=1S/C28H42N2O6S2/c1-21(2)38(35,36)30-20-22(3)25-12-16-28(32,17-13-25)26-8-4-23(5-9-26)14-18-29-37(33,34)19-15-24-6-10-27(31)11-7-24/h4-11,21-22,25,29-32H,12-20H2,1-3H3. The molecule has 1 aliphatic rings. The second-order valence-electron chi connectivity index (χ2n) is 10.9. The van der Waals surface area contributed by atoms with Crippen molar-refractivity contribution >= 4 is 20.0 Å². The average molecular weight is 567 g/mol. The van der Waals surface area contributed by atoms with E-state index in [1.807, 2.05) is 24.3 Å². The van der Waals surface area contributed by atoms with Crippen molar-refractivity contribution in [2.75, 3.05) is 18.8 Å². The molecule has 4 N–H and O–H groups in total. The molecule has 0 aromatic heterocycles. The van der Waals surface area contributed by atoms with Crippen LogP contribution in [-0.2, 0) is 38.5 Å². The lowest BCUT2D eigenvalue weighted by molar-refractivity contribution is -0.0207. The number of aromatic hydroxyl groups is 1. The Labute approximate surface area is 228 Å². The molecule has 0 amide bonds. The monoisotopic (exact) mass is 566 g/mol. The Bertz CT molecular complexity index is 1240. The first-order valence-electron chi connectivity index (χ1n) is 13.4. The van der Waals surface area contributed by atoms with Crippen LogP contribution in [0.4, 0.5) is 0 Å². The number of phenolic OH excluding ortho intramolecular Hbond substituents is 1. The molecule has 1 fully saturated rings. The summed E-state index contributed by atoms with van der Waals surface area (Å²) in [6, 6.07) is 14.2. The Hall–Kier alpha value is -1.98. The smallest absolute Gasteiger partial charge is 0.213 e. The minimum absolute atomic E-state index is 0.0209. The van der Waals surface area contributed by atoms with Crippen molar-refractivity contribution in [1.82, 2.24) is 9.44 Å². The second-order valence-corrected chi connectivity index (χ2v) is 15.1. The molecule has 0 saturated heterocycles. The topological polar surface area (TPSA) is 133 Å². The summed E-state index contributed by atoms with van der Waals surface area (Å²) in [5, 5.41) is 20.2. The van der Waals surface area contributed by atoms with Crippen molar-refractivity contribution in [3.63, 3.8) is 0 Å². The van der Waals surface area contributed by atoms with Crippen LogP contribution in [0.3, 0.4) is 0 Å². The molecule has 1 saturated carbocycles. The van der Waals surface area contributed by atoms with E-state index in [0.29, 0.717) is 44.7 Å². The van der Waals surface area contributed by atoms with E-state index in [4.69, 9.17) is 0 Å². The third-order valence-corrected chi connectivity index (χ3v) is 10.9. The number of benzene rings is 2. The molecule has 8 nitrogen and oxygen atoms in total. The van der Waals surface area contributed by atoms with E-state index < -0.39 is 30.9 Å². The SMILES string of the molecule is CC(CNS(=O)(=O)C(C)C)C1CCC(O)(c2ccc(CCNS(=O)(=O)CCc3ccc(O)cc3)cc2)CC1. The zero-order chi connectivity index (χ0) is 28.0. The Kier molecular flexibility index (Phi) is 10.4. The van der Waals surface area contributed by atoms with Crippen LogP contribution in [0.15, 0.2) is 48.5 Å². The van der Waals surface area contributed by atoms with Gasteiger partial charge in [0.15, 0.2) is 0 Å². The molecule has 1 atom stereocenters. The first-order valence-corrected chi connectivity index (χ1v) is 16.5. The summed E-state index contributed by atoms with van der Waals surface area (Å²) in [4.78, 5) is 0. The summed E-state index contributed by atoms with van der Waals surface area (Å²) >= 11 is 0. The van der Waals surface area contributed by atoms with Gasteiger partial charge in [0.25, 0.3) is 0 Å². The van der Waals surface area contributed by atoms with Crippen LogP contribution in [0, 0.1) is 11.8 Å². The van der Waals surface area contributed by atoms with E-state index in [1.54, 1.807) is 38.1 Å². The number of aliphatic hydroxyl groups is 1. The number of hydrogen-bond acceptors (Lipinski definition) is 6. The van der Waals surface area contributed by atoms with E-state index in [1.165, 1.54) is 0 Å². The van der Waals surface area contributed by atoms with Crippen LogP contribution in [0.2, 0.25) is 0 Å². The van der Waals surface area contributed by atoms with Crippen LogP contribution in [-0.4, -0.2) is 51.1 Å². The molecule has 2 aromatic carbocycles. The van der Waals surface area contributed by atoms with E-state index in [9.17, 15) is 27.0 Å². The Morgan fingerprint density at radius 3 is 2.00 bits per heavy atom. The van der Waals surface area contributed by atoms with Crippen LogP contribution in [0.25, 0.3) is 0 Å². The van der Waals surface area contributed by atoms with Crippen molar-refractivity contribution < 1.29 is 27.0 Å². The number of hydrogen-bond donors (Lipinski definition) is 4. The summed E-state index contributed by atoms with van der Waals surface area (Å²) in [7, 11) is -6.69. The highest BCUT2D eigenvalue weighted by Crippen LogP contribution is 2.41. The summed E-state index contributed by atoms with van der Waals surface area (Å²) in [6.07, 6.45) is 3.82. The number of sulfonamides is 2. The fraction of sp³-hybridized carbons (Fsp3) is 0.571. The maximum Gasteiger partial charge on any atom is 0.213 e. The molecule has 0 aliphatic heterocycles. The zero-order valence-corrected chi connectivity index (χ0v) is 24.2. The van der Waals surface area contributed by atoms with Crippen LogP contribution in [0.5, 0.6) is 5.75 Å². The fourth-order valence-electron chi connectivity index (χ4n) is 4.88. The number of aryl methyl sites for hydroxylation is 1. The predicted octanol–water partition coefficient (Wildman–Crippen LogP) is 3.44. The summed E-state index contributed by atoms with van der Waals surface area (Å²) in [6.45, 7) is 6.10. The first-order chi connectivity index (χ1) is 17.8. The van der Waals surface area contributed by atoms with Crippen molar-refractivity contribution in [3.8, 4) is 5.75 Å². The Morgan fingerprint density at radius 1 is 0.868 bits per heavy atom. The lowest BCUT2D eigenvalue weighted by Gasteiger charge is -2.38. The van der Waals surface area contributed by atoms with Crippen LogP contribution in [0.1, 0.15) is 63.1 Å². The fourth-order valence-corrected chi connectivity index (χ4v) is 6.77. The summed E-state index contributed by atoms with van der Waals surface area (Å²) in [5.74, 6) is 0.680. The van der Waals surface area contributed by atoms with Gasteiger partial charge >= 0.3 is 0 Å². The largest absolute Gasteiger partial charge is 0.508 e. The summed E-state index contributed by atoms with van der Waals surface area (Å²) < 4.78 is 54.1. The normalized spacial score (nSPS) is 21.4. The summed E-state index contributed by atoms with van der Waals surface area (Å²) in [5.41, 5.74) is 1.80. The van der Waals surface area contributed by atoms with Gasteiger partial charge in [-0.1, -0.05) is 43.3 Å². The van der Waals surface area contributed by atoms with Gasteiger partial charge in [0.2, 0.25) is 20.0 Å². The highest BCUT2D eigenvalue weighted by molar-refractivity contribution is 7.90. The van der Waals surface area contributed by atoms with Crippen molar-refractivity contribution in [2.45, 2.75) is 70.1 Å². The molecule has 1 aliphatic carbocycles. The quantitative estimate of drug-likeness (QED) is 0.294.